The summed E-state index contributed by atoms with van der Waals surface area (Å²) in [7, 11) is -3.96. The molecule has 3 aromatic rings. The minimum atomic E-state index is -3.96. The lowest BCUT2D eigenvalue weighted by molar-refractivity contribution is 0.124. The summed E-state index contributed by atoms with van der Waals surface area (Å²) >= 11 is 3.31. The highest BCUT2D eigenvalue weighted by atomic mass is 79.9. The zero-order chi connectivity index (χ0) is 23.2. The molecule has 33 heavy (non-hydrogen) atoms. The Labute approximate surface area is 198 Å². The van der Waals surface area contributed by atoms with Crippen molar-refractivity contribution in [3.05, 3.63) is 46.4 Å². The van der Waals surface area contributed by atoms with Crippen molar-refractivity contribution in [1.29, 1.82) is 0 Å². The lowest BCUT2D eigenvalue weighted by Crippen LogP contribution is -2.43. The fraction of sp³-hybridized carbons (Fsp3) is 0.429. The molecule has 4 heterocycles. The number of aromatic nitrogens is 2. The molecule has 2 atom stereocenters. The number of piperidine rings is 1. The van der Waals surface area contributed by atoms with E-state index in [4.69, 9.17) is 9.26 Å². The fourth-order valence-corrected chi connectivity index (χ4v) is 6.29. The van der Waals surface area contributed by atoms with Gasteiger partial charge in [0, 0.05) is 41.1 Å². The number of halogens is 2. The van der Waals surface area contributed by atoms with Gasteiger partial charge in [-0.15, -0.1) is 0 Å². The van der Waals surface area contributed by atoms with Crippen LogP contribution in [0.3, 0.4) is 0 Å². The number of rotatable bonds is 5. The number of hydrogen-bond acceptors (Lipinski definition) is 8. The second kappa shape index (κ2) is 8.91. The van der Waals surface area contributed by atoms with Crippen LogP contribution in [0.5, 0.6) is 0 Å². The molecule has 1 aromatic carbocycles. The van der Waals surface area contributed by atoms with E-state index in [1.165, 1.54) is 18.2 Å². The lowest BCUT2D eigenvalue weighted by atomic mass is 9.91. The predicted octanol–water partition coefficient (Wildman–Crippen LogP) is 2.55. The van der Waals surface area contributed by atoms with E-state index in [0.717, 1.165) is 11.1 Å². The van der Waals surface area contributed by atoms with Crippen molar-refractivity contribution in [2.24, 2.45) is 0 Å². The number of benzene rings is 1. The monoisotopic (exact) mass is 540 g/mol. The number of ether oxygens (including phenoxy) is 1. The molecule has 5 rings (SSSR count). The first-order chi connectivity index (χ1) is 15.8. The Balaban J connectivity index is 1.36. The van der Waals surface area contributed by atoms with Gasteiger partial charge in [0.15, 0.2) is 5.58 Å². The third-order valence-electron chi connectivity index (χ3n) is 6.09. The maximum Gasteiger partial charge on any atom is 0.244 e. The van der Waals surface area contributed by atoms with Gasteiger partial charge in [0.05, 0.1) is 31.1 Å². The topological polar surface area (TPSA) is 118 Å². The van der Waals surface area contributed by atoms with Crippen LogP contribution >= 0.6 is 15.9 Å². The normalized spacial score (nSPS) is 22.3. The van der Waals surface area contributed by atoms with Gasteiger partial charge < -0.3 is 19.3 Å². The second-order valence-electron chi connectivity index (χ2n) is 8.28. The van der Waals surface area contributed by atoms with Gasteiger partial charge in [-0.25, -0.2) is 22.5 Å². The Morgan fingerprint density at radius 2 is 2.00 bits per heavy atom. The Morgan fingerprint density at radius 1 is 1.21 bits per heavy atom. The molecule has 0 radical (unpaired) electrons. The average Bonchev–Trinajstić information content (AvgIpc) is 3.39. The molecule has 0 amide bonds. The third kappa shape index (κ3) is 4.50. The Hall–Kier alpha value is -2.12. The van der Waals surface area contributed by atoms with Crippen molar-refractivity contribution in [3.8, 4) is 0 Å². The number of sulfonamides is 1. The van der Waals surface area contributed by atoms with Gasteiger partial charge >= 0.3 is 0 Å². The third-order valence-corrected chi connectivity index (χ3v) is 8.02. The first kappa shape index (κ1) is 22.7. The zero-order valence-electron chi connectivity index (χ0n) is 17.4. The Bertz CT molecular complexity index is 1280. The summed E-state index contributed by atoms with van der Waals surface area (Å²) in [6.07, 6.45) is 2.08. The van der Waals surface area contributed by atoms with Crippen LogP contribution in [0.25, 0.3) is 11.0 Å². The average molecular weight is 541 g/mol. The Kier molecular flexibility index (Phi) is 6.12. The molecule has 176 valence electrons. The first-order valence-corrected chi connectivity index (χ1v) is 12.8. The molecule has 2 saturated heterocycles. The molecule has 0 bridgehead atoms. The summed E-state index contributed by atoms with van der Waals surface area (Å²) in [5.74, 6) is 0.0809. The smallest absolute Gasteiger partial charge is 0.244 e. The molecule has 2 N–H and O–H groups in total. The number of nitrogens with one attached hydrogen (secondary N) is 1. The van der Waals surface area contributed by atoms with E-state index in [0.29, 0.717) is 41.8 Å². The van der Waals surface area contributed by atoms with E-state index < -0.39 is 22.2 Å². The largest absolute Gasteiger partial charge is 0.389 e. The van der Waals surface area contributed by atoms with Gasteiger partial charge in [-0.05, 0) is 47.0 Å². The SMILES string of the molecule is O=S(=O)(N[C@@H]1COC[C@H]1O)c1cc(Br)cnc1N1CCC(c2noc3cc(F)ccc23)CC1. The van der Waals surface area contributed by atoms with Crippen LogP contribution in [-0.4, -0.2) is 62.1 Å². The van der Waals surface area contributed by atoms with Crippen molar-refractivity contribution < 1.29 is 27.2 Å². The van der Waals surface area contributed by atoms with Crippen molar-refractivity contribution in [2.45, 2.75) is 35.8 Å². The quantitative estimate of drug-likeness (QED) is 0.506. The maximum absolute atomic E-state index is 13.5. The van der Waals surface area contributed by atoms with E-state index in [2.05, 4.69) is 30.8 Å². The fourth-order valence-electron chi connectivity index (χ4n) is 4.36. The van der Waals surface area contributed by atoms with E-state index in [1.807, 2.05) is 4.90 Å². The highest BCUT2D eigenvalue weighted by Crippen LogP contribution is 2.35. The zero-order valence-corrected chi connectivity index (χ0v) is 19.8. The number of aliphatic hydroxyl groups is 1. The molecule has 9 nitrogen and oxygen atoms in total. The molecule has 2 aromatic heterocycles. The van der Waals surface area contributed by atoms with Crippen LogP contribution < -0.4 is 9.62 Å². The van der Waals surface area contributed by atoms with E-state index in [-0.39, 0.29) is 29.8 Å². The highest BCUT2D eigenvalue weighted by Gasteiger charge is 2.34. The van der Waals surface area contributed by atoms with E-state index in [1.54, 1.807) is 12.3 Å². The molecule has 0 saturated carbocycles. The number of fused-ring (bicyclic) bond motifs is 1. The molecule has 2 aliphatic rings. The summed E-state index contributed by atoms with van der Waals surface area (Å²) in [5, 5.41) is 14.9. The van der Waals surface area contributed by atoms with Crippen molar-refractivity contribution in [2.75, 3.05) is 31.2 Å². The first-order valence-electron chi connectivity index (χ1n) is 10.6. The standard InChI is InChI=1S/C21H22BrFN4O5S/c22-13-7-19(33(29,30)26-16-10-31-11-17(16)28)21(24-9-13)27-5-3-12(4-6-27)20-15-2-1-14(23)8-18(15)32-25-20/h1-2,7-9,12,16-17,26,28H,3-6,10-11H2/t16-,17-/m1/s1. The van der Waals surface area contributed by atoms with Gasteiger partial charge in [-0.2, -0.15) is 0 Å². The van der Waals surface area contributed by atoms with E-state index in [9.17, 15) is 17.9 Å². The highest BCUT2D eigenvalue weighted by molar-refractivity contribution is 9.10. The molecular weight excluding hydrogens is 519 g/mol. The summed E-state index contributed by atoms with van der Waals surface area (Å²) in [6.45, 7) is 1.32. The van der Waals surface area contributed by atoms with Crippen LogP contribution in [0.4, 0.5) is 10.2 Å². The van der Waals surface area contributed by atoms with Crippen LogP contribution in [-0.2, 0) is 14.8 Å². The predicted molar refractivity (Wildman–Crippen MR) is 121 cm³/mol. The molecule has 12 heteroatoms. The Morgan fingerprint density at radius 3 is 2.73 bits per heavy atom. The number of anilines is 1. The molecular formula is C21H22BrFN4O5S. The van der Waals surface area contributed by atoms with Crippen LogP contribution in [0.1, 0.15) is 24.5 Å². The molecule has 0 spiro atoms. The minimum absolute atomic E-state index is 0.0387. The summed E-state index contributed by atoms with van der Waals surface area (Å²) < 4.78 is 53.3. The molecule has 0 aliphatic carbocycles. The van der Waals surface area contributed by atoms with Gasteiger partial charge in [0.25, 0.3) is 0 Å². The van der Waals surface area contributed by atoms with Gasteiger partial charge in [0.1, 0.15) is 16.5 Å². The summed E-state index contributed by atoms with van der Waals surface area (Å²) in [5.41, 5.74) is 1.21. The second-order valence-corrected chi connectivity index (χ2v) is 10.9. The van der Waals surface area contributed by atoms with Crippen molar-refractivity contribution in [1.82, 2.24) is 14.9 Å². The van der Waals surface area contributed by atoms with E-state index >= 15 is 0 Å². The van der Waals surface area contributed by atoms with Gasteiger partial charge in [0.2, 0.25) is 10.0 Å². The molecule has 0 unspecified atom stereocenters. The van der Waals surface area contributed by atoms with Crippen LogP contribution in [0, 0.1) is 5.82 Å². The molecule has 2 aliphatic heterocycles. The van der Waals surface area contributed by atoms with Crippen molar-refractivity contribution >= 4 is 42.7 Å². The van der Waals surface area contributed by atoms with Crippen LogP contribution in [0.15, 0.2) is 44.4 Å². The molecule has 2 fully saturated rings. The maximum atomic E-state index is 13.5. The summed E-state index contributed by atoms with van der Waals surface area (Å²) in [6, 6.07) is 5.19. The lowest BCUT2D eigenvalue weighted by Gasteiger charge is -2.33. The van der Waals surface area contributed by atoms with Crippen molar-refractivity contribution in [3.63, 3.8) is 0 Å². The number of aliphatic hydroxyl groups excluding tert-OH is 1. The number of nitrogens with zero attached hydrogens (tertiary/aromatic N) is 3. The summed E-state index contributed by atoms with van der Waals surface area (Å²) in [4.78, 5) is 6.37. The number of pyridine rings is 1. The van der Waals surface area contributed by atoms with Gasteiger partial charge in [-0.3, -0.25) is 0 Å². The minimum Gasteiger partial charge on any atom is -0.389 e. The number of hydrogen-bond donors (Lipinski definition) is 2. The van der Waals surface area contributed by atoms with Gasteiger partial charge in [-0.1, -0.05) is 5.16 Å². The van der Waals surface area contributed by atoms with Crippen LogP contribution in [0.2, 0.25) is 0 Å².